The first-order chi connectivity index (χ1) is 12.4. The highest BCUT2D eigenvalue weighted by Crippen LogP contribution is 2.37. The van der Waals surface area contributed by atoms with Crippen molar-refractivity contribution in [2.45, 2.75) is 12.7 Å². The van der Waals surface area contributed by atoms with Gasteiger partial charge in [-0.15, -0.1) is 0 Å². The van der Waals surface area contributed by atoms with Crippen LogP contribution in [0.15, 0.2) is 55.1 Å². The van der Waals surface area contributed by atoms with Gasteiger partial charge in [-0.25, -0.2) is 9.97 Å². The van der Waals surface area contributed by atoms with Crippen molar-refractivity contribution < 1.29 is 13.2 Å². The van der Waals surface area contributed by atoms with Crippen LogP contribution in [0.5, 0.6) is 0 Å². The van der Waals surface area contributed by atoms with Crippen LogP contribution in [0.25, 0.3) is 0 Å². The molecular formula is C17H13ClF3N5. The molecule has 0 radical (unpaired) electrons. The maximum atomic E-state index is 13.2. The predicted molar refractivity (Wildman–Crippen MR) is 93.3 cm³/mol. The quantitative estimate of drug-likeness (QED) is 0.660. The number of halogens is 4. The Kier molecular flexibility index (Phi) is 5.22. The second kappa shape index (κ2) is 7.57. The number of rotatable bonds is 5. The Bertz CT molecular complexity index is 887. The van der Waals surface area contributed by atoms with Gasteiger partial charge in [0.1, 0.15) is 18.0 Å². The second-order valence-electron chi connectivity index (χ2n) is 5.32. The Balaban J connectivity index is 1.77. The summed E-state index contributed by atoms with van der Waals surface area (Å²) in [5.41, 5.74) is -0.0648. The molecule has 3 aromatic rings. The smallest absolute Gasteiger partial charge is 0.366 e. The molecule has 0 amide bonds. The molecule has 0 aliphatic carbocycles. The lowest BCUT2D eigenvalue weighted by molar-refractivity contribution is -0.136. The number of aromatic nitrogens is 3. The van der Waals surface area contributed by atoms with Gasteiger partial charge in [-0.3, -0.25) is 4.98 Å². The summed E-state index contributed by atoms with van der Waals surface area (Å²) in [6.07, 6.45) is 0.0932. The standard InChI is InChI=1S/C17H13ClF3N5/c18-12-3-4-14(13(6-12)17(19,20)21)26-16-7-15(24-10-25-16)23-9-11-2-1-5-22-8-11/h1-8,10H,9H2,(H2,23,24,25,26). The largest absolute Gasteiger partial charge is 0.418 e. The first kappa shape index (κ1) is 17.9. The third kappa shape index (κ3) is 4.60. The van der Waals surface area contributed by atoms with Gasteiger partial charge < -0.3 is 10.6 Å². The highest BCUT2D eigenvalue weighted by molar-refractivity contribution is 6.30. The van der Waals surface area contributed by atoms with E-state index in [1.807, 2.05) is 12.1 Å². The molecule has 2 N–H and O–H groups in total. The molecule has 2 aromatic heterocycles. The van der Waals surface area contributed by atoms with E-state index in [0.717, 1.165) is 11.6 Å². The highest BCUT2D eigenvalue weighted by Gasteiger charge is 2.33. The van der Waals surface area contributed by atoms with Gasteiger partial charge in [-0.05, 0) is 29.8 Å². The fraction of sp³-hybridized carbons (Fsp3) is 0.118. The minimum Gasteiger partial charge on any atom is -0.366 e. The van der Waals surface area contributed by atoms with Gasteiger partial charge in [0.2, 0.25) is 0 Å². The molecule has 0 aliphatic heterocycles. The topological polar surface area (TPSA) is 62.7 Å². The van der Waals surface area contributed by atoms with Crippen molar-refractivity contribution in [1.82, 2.24) is 15.0 Å². The van der Waals surface area contributed by atoms with E-state index < -0.39 is 11.7 Å². The van der Waals surface area contributed by atoms with Crippen LogP contribution < -0.4 is 10.6 Å². The molecule has 1 aromatic carbocycles. The first-order valence-electron chi connectivity index (χ1n) is 7.50. The number of alkyl halides is 3. The lowest BCUT2D eigenvalue weighted by Crippen LogP contribution is -2.09. The molecular weight excluding hydrogens is 367 g/mol. The van der Waals surface area contributed by atoms with Gasteiger partial charge in [0.25, 0.3) is 0 Å². The van der Waals surface area contributed by atoms with Crippen molar-refractivity contribution >= 4 is 28.9 Å². The maximum Gasteiger partial charge on any atom is 0.418 e. The van der Waals surface area contributed by atoms with Crippen molar-refractivity contribution in [3.63, 3.8) is 0 Å². The summed E-state index contributed by atoms with van der Waals surface area (Å²) in [6, 6.07) is 8.72. The van der Waals surface area contributed by atoms with Crippen LogP contribution in [0.4, 0.5) is 30.5 Å². The van der Waals surface area contributed by atoms with E-state index in [0.29, 0.717) is 12.4 Å². The Morgan fingerprint density at radius 1 is 1.04 bits per heavy atom. The van der Waals surface area contributed by atoms with Crippen LogP contribution in [0.1, 0.15) is 11.1 Å². The van der Waals surface area contributed by atoms with E-state index >= 15 is 0 Å². The number of pyridine rings is 1. The van der Waals surface area contributed by atoms with E-state index in [9.17, 15) is 13.2 Å². The molecule has 0 spiro atoms. The zero-order valence-electron chi connectivity index (χ0n) is 13.3. The van der Waals surface area contributed by atoms with Crippen molar-refractivity contribution in [3.05, 3.63) is 71.3 Å². The summed E-state index contributed by atoms with van der Waals surface area (Å²) in [5.74, 6) is 0.690. The van der Waals surface area contributed by atoms with Crippen LogP contribution in [0.2, 0.25) is 5.02 Å². The summed E-state index contributed by atoms with van der Waals surface area (Å²) in [6.45, 7) is 0.471. The zero-order valence-corrected chi connectivity index (χ0v) is 14.0. The third-order valence-electron chi connectivity index (χ3n) is 3.41. The molecule has 0 fully saturated rings. The second-order valence-corrected chi connectivity index (χ2v) is 5.75. The molecule has 0 unspecified atom stereocenters. The summed E-state index contributed by atoms with van der Waals surface area (Å²) in [7, 11) is 0. The van der Waals surface area contributed by atoms with Crippen molar-refractivity contribution in [2.75, 3.05) is 10.6 Å². The van der Waals surface area contributed by atoms with Gasteiger partial charge in [-0.2, -0.15) is 13.2 Å². The van der Waals surface area contributed by atoms with Crippen molar-refractivity contribution in [3.8, 4) is 0 Å². The Morgan fingerprint density at radius 3 is 2.58 bits per heavy atom. The number of nitrogens with one attached hydrogen (secondary N) is 2. The molecule has 0 atom stereocenters. The minimum absolute atomic E-state index is 0.00406. The van der Waals surface area contributed by atoms with Gasteiger partial charge >= 0.3 is 6.18 Å². The molecule has 0 bridgehead atoms. The van der Waals surface area contributed by atoms with Crippen molar-refractivity contribution in [1.29, 1.82) is 0 Å². The number of hydrogen-bond acceptors (Lipinski definition) is 5. The first-order valence-corrected chi connectivity index (χ1v) is 7.88. The number of nitrogens with zero attached hydrogens (tertiary/aromatic N) is 3. The fourth-order valence-corrected chi connectivity index (χ4v) is 2.39. The van der Waals surface area contributed by atoms with E-state index in [1.54, 1.807) is 12.4 Å². The highest BCUT2D eigenvalue weighted by atomic mass is 35.5. The van der Waals surface area contributed by atoms with E-state index in [2.05, 4.69) is 25.6 Å². The molecule has 3 rings (SSSR count). The zero-order chi connectivity index (χ0) is 18.6. The van der Waals surface area contributed by atoms with E-state index in [1.165, 1.54) is 24.5 Å². The van der Waals surface area contributed by atoms with Gasteiger partial charge in [0.05, 0.1) is 11.3 Å². The normalized spacial score (nSPS) is 11.2. The Morgan fingerprint density at radius 2 is 1.85 bits per heavy atom. The average molecular weight is 380 g/mol. The Hall–Kier alpha value is -2.87. The molecule has 9 heteroatoms. The number of anilines is 3. The van der Waals surface area contributed by atoms with Crippen LogP contribution in [0, 0.1) is 0 Å². The molecule has 26 heavy (non-hydrogen) atoms. The summed E-state index contributed by atoms with van der Waals surface area (Å²) >= 11 is 5.68. The summed E-state index contributed by atoms with van der Waals surface area (Å²) < 4.78 is 39.5. The molecule has 0 aliphatic rings. The molecule has 2 heterocycles. The fourth-order valence-electron chi connectivity index (χ4n) is 2.22. The van der Waals surface area contributed by atoms with Crippen LogP contribution in [0.3, 0.4) is 0 Å². The summed E-state index contributed by atoms with van der Waals surface area (Å²) in [4.78, 5) is 12.0. The molecule has 0 saturated carbocycles. The van der Waals surface area contributed by atoms with Gasteiger partial charge in [-0.1, -0.05) is 17.7 Å². The molecule has 134 valence electrons. The van der Waals surface area contributed by atoms with Gasteiger partial charge in [0.15, 0.2) is 0 Å². The van der Waals surface area contributed by atoms with Gasteiger partial charge in [0, 0.05) is 30.0 Å². The molecule has 0 saturated heterocycles. The minimum atomic E-state index is -4.54. The van der Waals surface area contributed by atoms with E-state index in [4.69, 9.17) is 11.6 Å². The van der Waals surface area contributed by atoms with Crippen LogP contribution >= 0.6 is 11.6 Å². The van der Waals surface area contributed by atoms with Crippen LogP contribution in [-0.4, -0.2) is 15.0 Å². The molecule has 5 nitrogen and oxygen atoms in total. The monoisotopic (exact) mass is 379 g/mol. The summed E-state index contributed by atoms with van der Waals surface area (Å²) in [5, 5.41) is 5.73. The number of hydrogen-bond donors (Lipinski definition) is 2. The van der Waals surface area contributed by atoms with E-state index in [-0.39, 0.29) is 16.5 Å². The predicted octanol–water partition coefficient (Wildman–Crippen LogP) is 4.90. The Labute approximate surface area is 152 Å². The number of benzene rings is 1. The SMILES string of the molecule is FC(F)(F)c1cc(Cl)ccc1Nc1cc(NCc2cccnc2)ncn1. The maximum absolute atomic E-state index is 13.2. The third-order valence-corrected chi connectivity index (χ3v) is 3.65. The van der Waals surface area contributed by atoms with Crippen molar-refractivity contribution in [2.24, 2.45) is 0 Å². The van der Waals surface area contributed by atoms with Crippen LogP contribution in [-0.2, 0) is 12.7 Å². The average Bonchev–Trinajstić information content (AvgIpc) is 2.62. The lowest BCUT2D eigenvalue weighted by Gasteiger charge is -2.15. The lowest BCUT2D eigenvalue weighted by atomic mass is 10.1.